The lowest BCUT2D eigenvalue weighted by atomic mass is 10.0. The smallest absolute Gasteiger partial charge is 0.0659 e. The van der Waals surface area contributed by atoms with Gasteiger partial charge in [-0.2, -0.15) is 0 Å². The summed E-state index contributed by atoms with van der Waals surface area (Å²) in [6.07, 6.45) is 4.00. The summed E-state index contributed by atoms with van der Waals surface area (Å²) < 4.78 is 0. The fourth-order valence-corrected chi connectivity index (χ4v) is 1.06. The molecule has 0 saturated heterocycles. The highest BCUT2D eigenvalue weighted by atomic mass is 16.3. The van der Waals surface area contributed by atoms with Gasteiger partial charge < -0.3 is 5.11 Å². The molecule has 1 aliphatic carbocycles. The number of hydrogen-bond acceptors (Lipinski definition) is 1. The van der Waals surface area contributed by atoms with Crippen molar-refractivity contribution < 1.29 is 5.11 Å². The second-order valence-corrected chi connectivity index (χ2v) is 2.59. The van der Waals surface area contributed by atoms with E-state index in [1.165, 1.54) is 0 Å². The van der Waals surface area contributed by atoms with E-state index in [0.29, 0.717) is 11.8 Å². The van der Waals surface area contributed by atoms with Gasteiger partial charge in [0, 0.05) is 11.8 Å². The van der Waals surface area contributed by atoms with Crippen LogP contribution in [0.5, 0.6) is 0 Å². The van der Waals surface area contributed by atoms with Crippen molar-refractivity contribution in [3.63, 3.8) is 0 Å². The van der Waals surface area contributed by atoms with Crippen molar-refractivity contribution in [1.82, 2.24) is 0 Å². The summed E-state index contributed by atoms with van der Waals surface area (Å²) in [6.45, 7) is 4.06. The van der Waals surface area contributed by atoms with Crippen LogP contribution in [0.1, 0.15) is 13.8 Å². The van der Waals surface area contributed by atoms with Crippen molar-refractivity contribution in [1.29, 1.82) is 0 Å². The summed E-state index contributed by atoms with van der Waals surface area (Å²) in [4.78, 5) is 0. The lowest BCUT2D eigenvalue weighted by Gasteiger charge is -2.11. The average molecular weight is 112 g/mol. The first-order chi connectivity index (χ1) is 3.72. The van der Waals surface area contributed by atoms with Crippen LogP contribution in [-0.4, -0.2) is 11.2 Å². The highest BCUT2D eigenvalue weighted by molar-refractivity contribution is 5.03. The molecular formula is C7H12O. The van der Waals surface area contributed by atoms with E-state index in [2.05, 4.69) is 12.2 Å². The summed E-state index contributed by atoms with van der Waals surface area (Å²) in [5.74, 6) is 0.731. The third-order valence-corrected chi connectivity index (χ3v) is 1.80. The number of aliphatic hydroxyl groups is 1. The average Bonchev–Trinajstić information content (AvgIpc) is 1.98. The van der Waals surface area contributed by atoms with Gasteiger partial charge in [0.2, 0.25) is 0 Å². The minimum atomic E-state index is -0.130. The molecule has 1 heteroatoms. The van der Waals surface area contributed by atoms with Gasteiger partial charge in [-0.25, -0.2) is 0 Å². The molecule has 1 unspecified atom stereocenters. The van der Waals surface area contributed by atoms with Crippen molar-refractivity contribution in [3.8, 4) is 0 Å². The fourth-order valence-electron chi connectivity index (χ4n) is 1.06. The van der Waals surface area contributed by atoms with Gasteiger partial charge in [0.15, 0.2) is 0 Å². The van der Waals surface area contributed by atoms with Gasteiger partial charge in [0.25, 0.3) is 0 Å². The van der Waals surface area contributed by atoms with Crippen LogP contribution in [0.25, 0.3) is 0 Å². The molecule has 0 aromatic carbocycles. The maximum atomic E-state index is 9.20. The van der Waals surface area contributed by atoms with E-state index in [-0.39, 0.29) is 6.10 Å². The zero-order chi connectivity index (χ0) is 6.15. The summed E-state index contributed by atoms with van der Waals surface area (Å²) in [5.41, 5.74) is 0. The van der Waals surface area contributed by atoms with Crippen LogP contribution in [0.2, 0.25) is 0 Å². The molecule has 1 nitrogen and oxygen atoms in total. The van der Waals surface area contributed by atoms with Gasteiger partial charge in [0.1, 0.15) is 0 Å². The van der Waals surface area contributed by atoms with E-state index in [9.17, 15) is 5.11 Å². The lowest BCUT2D eigenvalue weighted by Crippen LogP contribution is -2.16. The number of rotatable bonds is 0. The molecule has 0 fully saturated rings. The molecule has 1 N–H and O–H groups in total. The van der Waals surface area contributed by atoms with Gasteiger partial charge in [-0.15, -0.1) is 0 Å². The molecule has 0 heterocycles. The highest BCUT2D eigenvalue weighted by Crippen LogP contribution is 2.22. The molecule has 1 aliphatic rings. The zero-order valence-corrected chi connectivity index (χ0v) is 5.33. The molecule has 3 atom stereocenters. The number of hydrogen-bond donors (Lipinski definition) is 1. The van der Waals surface area contributed by atoms with E-state index in [4.69, 9.17) is 0 Å². The minimum absolute atomic E-state index is 0.130. The zero-order valence-electron chi connectivity index (χ0n) is 5.33. The molecule has 0 bridgehead atoms. The Kier molecular flexibility index (Phi) is 1.39. The van der Waals surface area contributed by atoms with E-state index in [0.717, 1.165) is 0 Å². The third kappa shape index (κ3) is 0.781. The molecule has 0 aromatic heterocycles. The van der Waals surface area contributed by atoms with Crippen LogP contribution in [0.3, 0.4) is 0 Å². The second-order valence-electron chi connectivity index (χ2n) is 2.59. The third-order valence-electron chi connectivity index (χ3n) is 1.80. The predicted molar refractivity (Wildman–Crippen MR) is 33.5 cm³/mol. The van der Waals surface area contributed by atoms with Crippen molar-refractivity contribution in [2.24, 2.45) is 11.8 Å². The maximum Gasteiger partial charge on any atom is 0.0659 e. The predicted octanol–water partition coefficient (Wildman–Crippen LogP) is 1.19. The van der Waals surface area contributed by atoms with E-state index >= 15 is 0 Å². The monoisotopic (exact) mass is 112 g/mol. The van der Waals surface area contributed by atoms with Gasteiger partial charge in [-0.1, -0.05) is 26.0 Å². The van der Waals surface area contributed by atoms with Gasteiger partial charge in [-0.3, -0.25) is 0 Å². The van der Waals surface area contributed by atoms with Crippen molar-refractivity contribution in [2.75, 3.05) is 0 Å². The van der Waals surface area contributed by atoms with Crippen LogP contribution >= 0.6 is 0 Å². The molecule has 46 valence electrons. The van der Waals surface area contributed by atoms with Crippen molar-refractivity contribution in [2.45, 2.75) is 20.0 Å². The first-order valence-corrected chi connectivity index (χ1v) is 3.08. The van der Waals surface area contributed by atoms with Crippen LogP contribution < -0.4 is 0 Å². The summed E-state index contributed by atoms with van der Waals surface area (Å²) in [7, 11) is 0. The summed E-state index contributed by atoms with van der Waals surface area (Å²) in [6, 6.07) is 0. The Morgan fingerprint density at radius 2 is 1.50 bits per heavy atom. The van der Waals surface area contributed by atoms with Crippen LogP contribution in [0, 0.1) is 11.8 Å². The summed E-state index contributed by atoms with van der Waals surface area (Å²) >= 11 is 0. The Balaban J connectivity index is 2.55. The molecule has 0 spiro atoms. The van der Waals surface area contributed by atoms with Crippen LogP contribution in [-0.2, 0) is 0 Å². The van der Waals surface area contributed by atoms with E-state index in [1.54, 1.807) is 0 Å². The Bertz CT molecular complexity index is 95.0. The molecule has 8 heavy (non-hydrogen) atoms. The van der Waals surface area contributed by atoms with Crippen molar-refractivity contribution in [3.05, 3.63) is 12.2 Å². The molecule has 1 rings (SSSR count). The molecule has 0 aliphatic heterocycles. The second kappa shape index (κ2) is 1.90. The van der Waals surface area contributed by atoms with Gasteiger partial charge >= 0.3 is 0 Å². The Morgan fingerprint density at radius 3 is 1.62 bits per heavy atom. The first kappa shape index (κ1) is 5.83. The van der Waals surface area contributed by atoms with Gasteiger partial charge in [-0.05, 0) is 0 Å². The standard InChI is InChI=1S/C7H12O/c1-5-3-4-6(2)7(5)8/h3-8H,1-2H3/t5-,6+,7?. The Labute approximate surface area is 50.0 Å². The highest BCUT2D eigenvalue weighted by Gasteiger charge is 2.21. The first-order valence-electron chi connectivity index (χ1n) is 3.08. The topological polar surface area (TPSA) is 20.2 Å². The molecular weight excluding hydrogens is 100 g/mol. The lowest BCUT2D eigenvalue weighted by molar-refractivity contribution is 0.115. The largest absolute Gasteiger partial charge is 0.392 e. The van der Waals surface area contributed by atoms with E-state index in [1.807, 2.05) is 13.8 Å². The van der Waals surface area contributed by atoms with Crippen LogP contribution in [0.4, 0.5) is 0 Å². The van der Waals surface area contributed by atoms with Crippen molar-refractivity contribution >= 4 is 0 Å². The SMILES string of the molecule is C[C@@H]1C=C[C@H](C)C1O. The summed E-state index contributed by atoms with van der Waals surface area (Å²) in [5, 5.41) is 9.20. The fraction of sp³-hybridized carbons (Fsp3) is 0.714. The number of aliphatic hydroxyl groups excluding tert-OH is 1. The molecule has 0 saturated carbocycles. The van der Waals surface area contributed by atoms with Crippen LogP contribution in [0.15, 0.2) is 12.2 Å². The maximum absolute atomic E-state index is 9.20. The van der Waals surface area contributed by atoms with E-state index < -0.39 is 0 Å². The molecule has 0 radical (unpaired) electrons. The Morgan fingerprint density at radius 1 is 1.12 bits per heavy atom. The Hall–Kier alpha value is -0.300. The van der Waals surface area contributed by atoms with Gasteiger partial charge in [0.05, 0.1) is 6.10 Å². The minimum Gasteiger partial charge on any atom is -0.392 e. The quantitative estimate of drug-likeness (QED) is 0.467. The normalized spacial score (nSPS) is 45.6. The molecule has 0 amide bonds. The molecule has 0 aromatic rings.